The Morgan fingerprint density at radius 1 is 0.219 bits per heavy atom. The quantitative estimate of drug-likeness (QED) is 0.0204. The summed E-state index contributed by atoms with van der Waals surface area (Å²) in [4.78, 5) is 52.0. The maximum absolute atomic E-state index is 11.1. The molecule has 0 aliphatic heterocycles. The van der Waals surface area contributed by atoms with Crippen LogP contribution in [-0.4, -0.2) is 54.3 Å². The molecule has 0 fully saturated rings. The molecule has 0 bridgehead atoms. The Balaban J connectivity index is 0. The van der Waals surface area contributed by atoms with Gasteiger partial charge in [0.05, 0.1) is 23.9 Å². The van der Waals surface area contributed by atoms with Crippen molar-refractivity contribution in [3.05, 3.63) is 178 Å². The summed E-state index contributed by atoms with van der Waals surface area (Å²) in [6.07, 6.45) is 77.1. The predicted molar refractivity (Wildman–Crippen MR) is 456 cm³/mol. The second-order valence-electron chi connectivity index (χ2n) is 30.4. The molecule has 4 aromatic carbocycles. The number of hydrogen-bond donors (Lipinski definition) is 4. The zero-order valence-electron chi connectivity index (χ0n) is 70.9. The van der Waals surface area contributed by atoms with Crippen LogP contribution in [0.15, 0.2) is 134 Å². The van der Waals surface area contributed by atoms with E-state index in [1.807, 2.05) is 36.4 Å². The monoisotopic (exact) mass is 1670 g/mol. The number of aromatic hydroxyl groups is 4. The molecule has 114 heavy (non-hydrogen) atoms. The number of phenols is 4. The van der Waals surface area contributed by atoms with Crippen molar-refractivity contribution < 1.29 is 94.2 Å². The van der Waals surface area contributed by atoms with E-state index in [9.17, 15) is 60.0 Å². The average molecular weight is 1680 g/mol. The van der Waals surface area contributed by atoms with Crippen LogP contribution < -0.4 is 20.4 Å². The third-order valence-corrected chi connectivity index (χ3v) is 20.7. The zero-order chi connectivity index (χ0) is 81.8. The minimum Gasteiger partial charge on any atom is -0.545 e. The molecule has 2 aromatic heterocycles. The molecule has 0 saturated carbocycles. The number of carbonyl (C=O) groups excluding carboxylic acids is 4. The summed E-state index contributed by atoms with van der Waals surface area (Å²) < 4.78 is 0. The van der Waals surface area contributed by atoms with Crippen molar-refractivity contribution in [3.63, 3.8) is 0 Å². The predicted octanol–water partition coefficient (Wildman–Crippen LogP) is 23.7. The molecule has 0 aliphatic carbocycles. The number of unbranched alkanes of at least 4 members (excludes halogenated alkanes) is 48. The van der Waals surface area contributed by atoms with Crippen molar-refractivity contribution in [1.82, 2.24) is 9.97 Å². The third-order valence-electron chi connectivity index (χ3n) is 20.7. The summed E-state index contributed by atoms with van der Waals surface area (Å²) in [6, 6.07) is 30.9. The van der Waals surface area contributed by atoms with Crippen molar-refractivity contribution in [2.45, 2.75) is 387 Å². The van der Waals surface area contributed by atoms with Gasteiger partial charge < -0.3 is 60.0 Å². The number of carbonyl (C=O) groups is 4. The molecule has 0 unspecified atom stereocenters. The number of benzene rings is 4. The van der Waals surface area contributed by atoms with E-state index in [1.165, 1.54) is 307 Å². The molecule has 646 valence electrons. The number of carboxylic acid groups (broad SMARTS) is 4. The summed E-state index contributed by atoms with van der Waals surface area (Å²) in [5.74, 6) is -5.91. The largest absolute Gasteiger partial charge is 2.00 e. The van der Waals surface area contributed by atoms with E-state index in [4.69, 9.17) is 0 Å². The van der Waals surface area contributed by atoms with Crippen molar-refractivity contribution in [2.75, 3.05) is 0 Å². The van der Waals surface area contributed by atoms with Gasteiger partial charge in [0, 0.05) is 47.0 Å². The molecule has 0 atom stereocenters. The maximum atomic E-state index is 11.1. The molecule has 2 radical (unpaired) electrons. The molecule has 14 nitrogen and oxygen atoms in total. The summed E-state index contributed by atoms with van der Waals surface area (Å²) in [7, 11) is 0. The van der Waals surface area contributed by atoms with Crippen molar-refractivity contribution in [2.24, 2.45) is 0 Å². The molecule has 0 aliphatic rings. The molecule has 0 saturated heterocycles. The number of pyridine rings is 2. The first-order valence-electron chi connectivity index (χ1n) is 44.4. The summed E-state index contributed by atoms with van der Waals surface area (Å²) in [5, 5.41) is 83.0. The van der Waals surface area contributed by atoms with E-state index in [-0.39, 0.29) is 79.4 Å². The van der Waals surface area contributed by atoms with E-state index < -0.39 is 23.9 Å². The zero-order valence-corrected chi connectivity index (χ0v) is 72.7. The fourth-order valence-corrected chi connectivity index (χ4v) is 14.1. The van der Waals surface area contributed by atoms with Gasteiger partial charge in [0.1, 0.15) is 23.0 Å². The number of rotatable bonds is 60. The van der Waals surface area contributed by atoms with Gasteiger partial charge >= 0.3 is 34.1 Å². The van der Waals surface area contributed by atoms with Crippen LogP contribution in [-0.2, 0) is 59.8 Å². The van der Waals surface area contributed by atoms with Crippen LogP contribution in [0.4, 0.5) is 0 Å². The summed E-state index contributed by atoms with van der Waals surface area (Å²) in [5.41, 5.74) is 2.57. The molecule has 6 rings (SSSR count). The number of nitrogens with zero attached hydrogens (tertiary/aromatic N) is 2. The number of carboxylic acids is 4. The number of aromatic carboxylic acids is 4. The first kappa shape index (κ1) is 109. The van der Waals surface area contributed by atoms with E-state index in [0.29, 0.717) is 47.9 Å². The number of aryl methyl sites for hydroxylation is 4. The van der Waals surface area contributed by atoms with Crippen molar-refractivity contribution in [1.29, 1.82) is 0 Å². The fraction of sp³-hybridized carbons (Fsp3) is 0.612. The van der Waals surface area contributed by atoms with Gasteiger partial charge in [-0.15, -0.1) is 0 Å². The van der Waals surface area contributed by atoms with Crippen molar-refractivity contribution in [3.8, 4) is 23.0 Å². The smallest absolute Gasteiger partial charge is 0.545 e. The standard InChI is InChI=1S/4C22H36O3.2C5H5N.2Cu/c4*1-2-3-4-5-6-7-8-9-10-11-12-13-14-16-19-17-15-18-20(23)21(19)22(24)25;2*1-2-4-6-5-3-1;;/h4*15,17-18,23H,2-14,16H2,1H3,(H,24,25);2*1-5H;;/q;;;;;;2*+2/p-4. The van der Waals surface area contributed by atoms with Gasteiger partial charge in [-0.3, -0.25) is 9.97 Å². The van der Waals surface area contributed by atoms with Crippen LogP contribution in [0.1, 0.15) is 425 Å². The SMILES string of the molecule is CCCCCCCCCCCCCCCc1cccc(O)c1C(=O)[O-].CCCCCCCCCCCCCCCc1cccc(O)c1C(=O)[O-].CCCCCCCCCCCCCCCc1cccc(O)c1C(=O)[O-].CCCCCCCCCCCCCCCc1cccc(O)c1C(=O)[O-].[Cu+2].[Cu+2].c1ccncc1.c1ccncc1. The molecule has 6 aromatic rings. The van der Waals surface area contributed by atoms with E-state index in [2.05, 4.69) is 37.7 Å². The van der Waals surface area contributed by atoms with Crippen LogP contribution in [0.3, 0.4) is 0 Å². The first-order chi connectivity index (χ1) is 54.7. The Morgan fingerprint density at radius 2 is 0.360 bits per heavy atom. The summed E-state index contributed by atoms with van der Waals surface area (Å²) >= 11 is 0. The number of hydrogen-bond acceptors (Lipinski definition) is 14. The average Bonchev–Trinajstić information content (AvgIpc) is 0.868. The van der Waals surface area contributed by atoms with Crippen LogP contribution >= 0.6 is 0 Å². The van der Waals surface area contributed by atoms with Gasteiger partial charge in [0.15, 0.2) is 0 Å². The second kappa shape index (κ2) is 80.1. The van der Waals surface area contributed by atoms with Gasteiger partial charge in [-0.2, -0.15) is 0 Å². The van der Waals surface area contributed by atoms with Crippen LogP contribution in [0.5, 0.6) is 23.0 Å². The summed E-state index contributed by atoms with van der Waals surface area (Å²) in [6.45, 7) is 9.02. The second-order valence-corrected chi connectivity index (χ2v) is 30.4. The molecule has 2 heterocycles. The first-order valence-corrected chi connectivity index (χ1v) is 44.4. The molecule has 0 amide bonds. The normalized spacial score (nSPS) is 10.4. The van der Waals surface area contributed by atoms with Gasteiger partial charge in [0.25, 0.3) is 0 Å². The van der Waals surface area contributed by atoms with Crippen molar-refractivity contribution >= 4 is 23.9 Å². The molecule has 16 heteroatoms. The molecule has 0 spiro atoms. The van der Waals surface area contributed by atoms with E-state index in [1.54, 1.807) is 73.3 Å². The number of aromatic nitrogens is 2. The minimum atomic E-state index is -1.29. The third kappa shape index (κ3) is 60.8. The minimum absolute atomic E-state index is 0. The molecule has 4 N–H and O–H groups in total. The maximum Gasteiger partial charge on any atom is 2.00 e. The topological polar surface area (TPSA) is 267 Å². The van der Waals surface area contributed by atoms with E-state index in [0.717, 1.165) is 51.4 Å². The van der Waals surface area contributed by atoms with Crippen LogP contribution in [0, 0.1) is 0 Å². The van der Waals surface area contributed by atoms with Gasteiger partial charge in [-0.05, 0) is 122 Å². The van der Waals surface area contributed by atoms with Gasteiger partial charge in [-0.25, -0.2) is 0 Å². The van der Waals surface area contributed by atoms with Crippen LogP contribution in [0.2, 0.25) is 0 Å². The Labute approximate surface area is 712 Å². The Hall–Kier alpha value is -6.70. The molecular formula is C98H150Cu2N2O12. The van der Waals surface area contributed by atoms with Crippen LogP contribution in [0.25, 0.3) is 0 Å². The van der Waals surface area contributed by atoms with Gasteiger partial charge in [-0.1, -0.05) is 397 Å². The Morgan fingerprint density at radius 3 is 0.474 bits per heavy atom. The Bertz CT molecular complexity index is 2750. The molecular weight excluding hydrogens is 1520 g/mol. The van der Waals surface area contributed by atoms with E-state index >= 15 is 0 Å². The van der Waals surface area contributed by atoms with Gasteiger partial charge in [0.2, 0.25) is 0 Å². The Kier molecular flexibility index (Phi) is 76.8. The fourth-order valence-electron chi connectivity index (χ4n) is 14.1.